The van der Waals surface area contributed by atoms with Crippen molar-refractivity contribution in [2.45, 2.75) is 216 Å². The van der Waals surface area contributed by atoms with E-state index in [-0.39, 0.29) is 77.9 Å². The molecule has 0 spiro atoms. The number of halogens is 1. The Kier molecular flexibility index (Phi) is 21.2. The maximum Gasteiger partial charge on any atom is 0.505 e. The number of amidine groups is 1. The van der Waals surface area contributed by atoms with Gasteiger partial charge in [-0.05, 0) is 210 Å². The molecule has 4 saturated carbocycles. The van der Waals surface area contributed by atoms with Gasteiger partial charge in [0.15, 0.2) is 40.1 Å². The van der Waals surface area contributed by atoms with Crippen LogP contribution in [0.5, 0.6) is 23.0 Å². The summed E-state index contributed by atoms with van der Waals surface area (Å²) in [6.45, 7) is 9.25. The van der Waals surface area contributed by atoms with Crippen LogP contribution in [0.2, 0.25) is 0 Å². The molecule has 8 aliphatic carbocycles. The summed E-state index contributed by atoms with van der Waals surface area (Å²) in [6, 6.07) is 14.0. The number of carbonyl (C=O) groups excluding carboxylic acids is 1. The first kappa shape index (κ1) is 75.5. The first-order valence-corrected chi connectivity index (χ1v) is 36.6. The van der Waals surface area contributed by atoms with Crippen molar-refractivity contribution in [3.05, 3.63) is 128 Å². The molecule has 562 valence electrons. The highest BCUT2D eigenvalue weighted by atomic mass is 35.5. The SMILES string of the molecule is CC#C[C@]1(O)CC[C@H]2[C@@H]3CCC4=CC(=NNC(N)=S)CCC4=C3[C@@H](c3ccc4c(c3)OCO4)C[C@@]21C.CC#C[C@]1(O)CC[C@H]2[C@@H]3CCC4=CC(=O)CCC4=C3[C@@H](c3ccc4c(c3)OCO4)C[C@@]21C.CC(O)[C@H]1O[C@@H](N2C=CC(N)=[N+](Cn3c(N)cc[n+]([C@@H]4O[C@H](CO)[C@@H](O)[C@H]4O)c3=O)C2[OH2+])[C@H](O)[C@@H]1O.[Cl-]. The number of nitrogens with two attached hydrogens (primary N) is 3. The maximum absolute atomic E-state index is 13.3. The van der Waals surface area contributed by atoms with E-state index in [1.165, 1.54) is 79.9 Å². The van der Waals surface area contributed by atoms with Crippen LogP contribution < -0.4 is 64.2 Å². The second kappa shape index (κ2) is 29.5. The number of nitrogens with one attached hydrogen (secondary N) is 1. The van der Waals surface area contributed by atoms with Crippen molar-refractivity contribution in [3.63, 3.8) is 0 Å². The van der Waals surface area contributed by atoms with Crippen LogP contribution in [-0.4, -0.2) is 169 Å². The highest BCUT2D eigenvalue weighted by molar-refractivity contribution is 7.80. The smallest absolute Gasteiger partial charge is 0.505 e. The number of aliphatic hydroxyl groups is 8. The molecule has 5 aliphatic heterocycles. The largest absolute Gasteiger partial charge is 1.00 e. The number of hydrazone groups is 1. The van der Waals surface area contributed by atoms with E-state index in [2.05, 4.69) is 78.4 Å². The van der Waals surface area contributed by atoms with E-state index in [0.29, 0.717) is 30.1 Å². The molecule has 6 fully saturated rings. The minimum Gasteiger partial charge on any atom is -1.00 e. The third kappa shape index (κ3) is 13.1. The number of aliphatic hydroxyl groups excluding tert-OH is 6. The van der Waals surface area contributed by atoms with Crippen molar-refractivity contribution >= 4 is 40.5 Å². The van der Waals surface area contributed by atoms with E-state index in [0.717, 1.165) is 121 Å². The number of benzene rings is 2. The summed E-state index contributed by atoms with van der Waals surface area (Å²) in [4.78, 5) is 26.7. The molecule has 1 aromatic heterocycles. The maximum atomic E-state index is 13.3. The molecule has 3 aromatic rings. The fraction of sp³-hybridized carbons (Fsp3) is 0.558. The molecule has 26 nitrogen and oxygen atoms in total. The number of carbonyl (C=O) groups is 1. The Bertz CT molecular complexity index is 4400. The molecule has 105 heavy (non-hydrogen) atoms. The summed E-state index contributed by atoms with van der Waals surface area (Å²) < 4.78 is 37.0. The zero-order chi connectivity index (χ0) is 73.6. The highest BCUT2D eigenvalue weighted by Gasteiger charge is 2.65. The van der Waals surface area contributed by atoms with Gasteiger partial charge in [-0.15, -0.1) is 21.0 Å². The van der Waals surface area contributed by atoms with Gasteiger partial charge in [0.1, 0.15) is 54.0 Å². The van der Waals surface area contributed by atoms with E-state index >= 15 is 0 Å². The molecular weight excluding hydrogens is 1390 g/mol. The van der Waals surface area contributed by atoms with Gasteiger partial charge in [-0.3, -0.25) is 16.0 Å². The van der Waals surface area contributed by atoms with Gasteiger partial charge in [0.05, 0.1) is 18.4 Å². The molecule has 0 radical (unpaired) electrons. The van der Waals surface area contributed by atoms with Crippen LogP contribution in [0.3, 0.4) is 0 Å². The number of rotatable bonds is 9. The molecule has 2 aromatic carbocycles. The summed E-state index contributed by atoms with van der Waals surface area (Å²) >= 11 is 4.93. The number of anilines is 1. The third-order valence-electron chi connectivity index (χ3n) is 25.0. The first-order chi connectivity index (χ1) is 49.7. The van der Waals surface area contributed by atoms with Crippen molar-refractivity contribution in [1.82, 2.24) is 14.9 Å². The molecule has 20 atom stereocenters. The van der Waals surface area contributed by atoms with Crippen molar-refractivity contribution in [2.75, 3.05) is 25.9 Å². The summed E-state index contributed by atoms with van der Waals surface area (Å²) in [5, 5.41) is 97.1. The molecule has 2 unspecified atom stereocenters. The van der Waals surface area contributed by atoms with E-state index in [9.17, 15) is 50.4 Å². The standard InChI is InChI=1S/C29H33N3O3S.C28H30O4.C20H30N6O10.ClH/c1-3-11-29(33)12-10-23-21-7-4-17-13-19(31-32-27(30)36)6-8-20(17)26(21)22(15-28(23,29)2)18-5-9-24-25(14-18)35-16-34-24;1-3-11-28(30)12-10-23-21-7-4-17-13-19(29)6-8-20(17)26(21)22(15-27(23,28)2)18-5-9-24-25(14-18)32-16-31-24;1-8(28)16-13(30)15(32)18(36-16)24-5-3-11(22)26(20(24)34)7-25-10(21)2-4-23(19(25)33)17-14(31)12(29)9(6-27)35-17;/h5,9,13-14,21-23,33H,4,6-8,10,12,15-16H2,1-2H3,(H3,30,32,36);5,9,13-14,21-23,30H,4,6-8,10,12,15-16H2,1-2H3;2-5,8-9,12-18,20-22,27-32,34H,6-7H2,1H3;1H/p+2/t21-,22+,23-,28-,29-;21-,22+,23-,27-,28-;8?,9-,12-,13+,14-,15-,16-,17-,18-,20?;/m001./s1. The zero-order valence-corrected chi connectivity index (χ0v) is 61.1. The van der Waals surface area contributed by atoms with Gasteiger partial charge in [-0.25, -0.2) is 4.90 Å². The first-order valence-electron chi connectivity index (χ1n) is 36.2. The molecule has 0 bridgehead atoms. The predicted molar refractivity (Wildman–Crippen MR) is 383 cm³/mol. The van der Waals surface area contributed by atoms with Gasteiger partial charge >= 0.3 is 12.0 Å². The Morgan fingerprint density at radius 3 is 1.83 bits per heavy atom. The number of ether oxygens (including phenoxy) is 6. The minimum absolute atomic E-state index is 0. The van der Waals surface area contributed by atoms with Gasteiger partial charge in [0.2, 0.25) is 32.3 Å². The van der Waals surface area contributed by atoms with Crippen molar-refractivity contribution in [3.8, 4) is 46.7 Å². The van der Waals surface area contributed by atoms with Crippen LogP contribution in [0, 0.1) is 58.2 Å². The second-order valence-electron chi connectivity index (χ2n) is 30.4. The minimum atomic E-state index is -1.50. The quantitative estimate of drug-likeness (QED) is 0.0444. The second-order valence-corrected chi connectivity index (χ2v) is 30.8. The lowest BCUT2D eigenvalue weighted by Crippen LogP contribution is -3.00. The predicted octanol–water partition coefficient (Wildman–Crippen LogP) is 0.0842. The fourth-order valence-electron chi connectivity index (χ4n) is 19.8. The van der Waals surface area contributed by atoms with Gasteiger partial charge in [0.25, 0.3) is 5.84 Å². The summed E-state index contributed by atoms with van der Waals surface area (Å²) in [6.07, 6.45) is 7.97. The topological polar surface area (TPSA) is 392 Å². The number of ketones is 1. The fourth-order valence-corrected chi connectivity index (χ4v) is 19.8. The number of nitrogens with zero attached hydrogens (tertiary/aromatic N) is 5. The number of nitrogen functional groups attached to an aromatic ring is 1. The van der Waals surface area contributed by atoms with Gasteiger partial charge in [-0.2, -0.15) is 14.5 Å². The van der Waals surface area contributed by atoms with Crippen LogP contribution in [0.4, 0.5) is 5.82 Å². The van der Waals surface area contributed by atoms with E-state index < -0.39 is 85.0 Å². The summed E-state index contributed by atoms with van der Waals surface area (Å²) in [5.74, 6) is 18.2. The van der Waals surface area contributed by atoms with Crippen LogP contribution in [0.1, 0.15) is 154 Å². The van der Waals surface area contributed by atoms with E-state index in [4.69, 9.17) is 62.9 Å². The molecule has 6 heterocycles. The van der Waals surface area contributed by atoms with Crippen molar-refractivity contribution in [1.29, 1.82) is 0 Å². The Balaban J connectivity index is 0.000000139. The van der Waals surface area contributed by atoms with E-state index in [1.807, 2.05) is 32.1 Å². The monoisotopic (exact) mass is 1490 g/mol. The average Bonchev–Trinajstić information content (AvgIpc) is 1.63. The zero-order valence-electron chi connectivity index (χ0n) is 59.5. The lowest BCUT2D eigenvalue weighted by atomic mass is 9.51. The number of hydrogen-bond donors (Lipinski definition) is 12. The van der Waals surface area contributed by atoms with Crippen LogP contribution in [0.15, 0.2) is 116 Å². The molecule has 13 aliphatic rings. The number of aromatic nitrogens is 2. The Labute approximate surface area is 620 Å². The molecule has 17 N–H and O–H groups in total. The van der Waals surface area contributed by atoms with Crippen LogP contribution >= 0.6 is 12.2 Å². The molecule has 16 rings (SSSR count). The lowest BCUT2D eigenvalue weighted by molar-refractivity contribution is -0.783. The molecule has 28 heteroatoms. The van der Waals surface area contributed by atoms with Gasteiger partial charge in [-0.1, -0.05) is 49.0 Å². The summed E-state index contributed by atoms with van der Waals surface area (Å²) in [7, 11) is 0. The molecular formula is C77H96ClN9O17S+2. The number of allylic oxidation sites excluding steroid dienone is 8. The number of hydrogen-bond acceptors (Lipinski definition) is 21. The summed E-state index contributed by atoms with van der Waals surface area (Å²) in [5.41, 5.74) is 29.3. The molecule has 2 saturated heterocycles. The third-order valence-corrected chi connectivity index (χ3v) is 25.1. The Morgan fingerprint density at radius 2 is 1.30 bits per heavy atom. The molecule has 0 amide bonds. The number of thiocarbonyl (C=S) groups is 1. The normalized spacial score (nSPS) is 36.3. The van der Waals surface area contributed by atoms with E-state index in [1.54, 1.807) is 5.57 Å². The van der Waals surface area contributed by atoms with Crippen molar-refractivity contribution < 1.29 is 101 Å². The van der Waals surface area contributed by atoms with Gasteiger partial charge < -0.3 is 98.3 Å². The Morgan fingerprint density at radius 1 is 0.752 bits per heavy atom. The van der Waals surface area contributed by atoms with Crippen LogP contribution in [-0.2, 0) is 20.9 Å². The highest BCUT2D eigenvalue weighted by Crippen LogP contribution is 2.69. The Hall–Kier alpha value is -7.71. The van der Waals surface area contributed by atoms with Gasteiger partial charge in [0, 0.05) is 47.4 Å². The average molecular weight is 1490 g/mol. The lowest BCUT2D eigenvalue weighted by Gasteiger charge is -2.53. The van der Waals surface area contributed by atoms with Crippen LogP contribution in [0.25, 0.3) is 0 Å². The van der Waals surface area contributed by atoms with Crippen molar-refractivity contribution in [2.24, 2.45) is 51.1 Å². The number of fused-ring (bicyclic) bond motifs is 10.